The molecule has 1 heterocycles. The molecular formula is C13H23N5O. The maximum Gasteiger partial charge on any atom is 0.273 e. The Kier molecular flexibility index (Phi) is 6.21. The van der Waals surface area contributed by atoms with Crippen molar-refractivity contribution in [1.29, 1.82) is 0 Å². The first-order valence-corrected chi connectivity index (χ1v) is 6.54. The van der Waals surface area contributed by atoms with E-state index in [2.05, 4.69) is 22.4 Å². The van der Waals surface area contributed by atoms with Crippen molar-refractivity contribution >= 4 is 11.7 Å². The lowest BCUT2D eigenvalue weighted by molar-refractivity contribution is 0.0821. The summed E-state index contributed by atoms with van der Waals surface area (Å²) in [4.78, 5) is 13.1. The number of aromatic nitrogens is 2. The average Bonchev–Trinajstić information content (AvgIpc) is 2.43. The number of anilines is 1. The van der Waals surface area contributed by atoms with Gasteiger partial charge >= 0.3 is 0 Å². The van der Waals surface area contributed by atoms with Gasteiger partial charge in [-0.2, -0.15) is 0 Å². The Morgan fingerprint density at radius 1 is 1.42 bits per heavy atom. The van der Waals surface area contributed by atoms with Crippen molar-refractivity contribution < 1.29 is 4.79 Å². The summed E-state index contributed by atoms with van der Waals surface area (Å²) in [5.41, 5.74) is 5.91. The third-order valence-electron chi connectivity index (χ3n) is 2.87. The van der Waals surface area contributed by atoms with Crippen LogP contribution in [0.4, 0.5) is 5.82 Å². The summed E-state index contributed by atoms with van der Waals surface area (Å²) in [5.74, 6) is 1.10. The molecule has 106 valence electrons. The molecule has 0 fully saturated rings. The van der Waals surface area contributed by atoms with Crippen LogP contribution in [0.1, 0.15) is 30.3 Å². The summed E-state index contributed by atoms with van der Waals surface area (Å²) in [5, 5.41) is 11.1. The van der Waals surface area contributed by atoms with Gasteiger partial charge in [-0.3, -0.25) is 4.79 Å². The number of nitrogens with two attached hydrogens (primary N) is 1. The maximum absolute atomic E-state index is 11.6. The summed E-state index contributed by atoms with van der Waals surface area (Å²) in [6.45, 7) is 3.70. The highest BCUT2D eigenvalue weighted by atomic mass is 16.2. The van der Waals surface area contributed by atoms with Crippen LogP contribution in [0.2, 0.25) is 0 Å². The first-order valence-electron chi connectivity index (χ1n) is 6.54. The number of hydrogen-bond acceptors (Lipinski definition) is 5. The molecule has 3 N–H and O–H groups in total. The molecule has 0 bridgehead atoms. The van der Waals surface area contributed by atoms with E-state index in [0.717, 1.165) is 25.9 Å². The van der Waals surface area contributed by atoms with Crippen LogP contribution in [0, 0.1) is 5.92 Å². The van der Waals surface area contributed by atoms with Gasteiger partial charge in [0.05, 0.1) is 0 Å². The summed E-state index contributed by atoms with van der Waals surface area (Å²) in [7, 11) is 3.38. The molecule has 0 aliphatic rings. The van der Waals surface area contributed by atoms with E-state index in [1.807, 2.05) is 0 Å². The predicted molar refractivity (Wildman–Crippen MR) is 76.0 cm³/mol. The minimum absolute atomic E-state index is 0.143. The van der Waals surface area contributed by atoms with Crippen LogP contribution >= 0.6 is 0 Å². The number of carbonyl (C=O) groups excluding carboxylic acids is 1. The third kappa shape index (κ3) is 5.21. The second-order valence-corrected chi connectivity index (χ2v) is 4.91. The third-order valence-corrected chi connectivity index (χ3v) is 2.87. The monoisotopic (exact) mass is 265 g/mol. The van der Waals surface area contributed by atoms with E-state index in [1.165, 1.54) is 4.90 Å². The van der Waals surface area contributed by atoms with E-state index in [1.54, 1.807) is 26.2 Å². The van der Waals surface area contributed by atoms with Crippen molar-refractivity contribution in [3.63, 3.8) is 0 Å². The van der Waals surface area contributed by atoms with Crippen molar-refractivity contribution in [2.24, 2.45) is 11.7 Å². The lowest BCUT2D eigenvalue weighted by Gasteiger charge is -2.10. The molecule has 0 aliphatic heterocycles. The van der Waals surface area contributed by atoms with E-state index in [-0.39, 0.29) is 5.91 Å². The Morgan fingerprint density at radius 2 is 2.16 bits per heavy atom. The molecule has 0 saturated carbocycles. The normalized spacial score (nSPS) is 12.0. The second kappa shape index (κ2) is 7.68. The van der Waals surface area contributed by atoms with E-state index in [0.29, 0.717) is 17.4 Å². The Bertz CT molecular complexity index is 391. The van der Waals surface area contributed by atoms with Crippen molar-refractivity contribution in [2.75, 3.05) is 32.5 Å². The van der Waals surface area contributed by atoms with Crippen molar-refractivity contribution in [3.05, 3.63) is 17.8 Å². The number of rotatable bonds is 7. The molecule has 1 aromatic rings. The lowest BCUT2D eigenvalue weighted by atomic mass is 10.1. The first kappa shape index (κ1) is 15.4. The quantitative estimate of drug-likeness (QED) is 0.718. The lowest BCUT2D eigenvalue weighted by Crippen LogP contribution is -2.23. The fourth-order valence-electron chi connectivity index (χ4n) is 1.55. The molecule has 1 atom stereocenters. The van der Waals surface area contributed by atoms with Crippen molar-refractivity contribution in [2.45, 2.75) is 19.8 Å². The molecule has 6 nitrogen and oxygen atoms in total. The molecule has 1 unspecified atom stereocenters. The number of carbonyl (C=O) groups is 1. The molecule has 1 amide bonds. The van der Waals surface area contributed by atoms with Gasteiger partial charge in [-0.1, -0.05) is 6.92 Å². The van der Waals surface area contributed by atoms with Crippen LogP contribution < -0.4 is 11.1 Å². The second-order valence-electron chi connectivity index (χ2n) is 4.91. The van der Waals surface area contributed by atoms with Gasteiger partial charge in [0.25, 0.3) is 5.91 Å². The van der Waals surface area contributed by atoms with Crippen molar-refractivity contribution in [3.8, 4) is 0 Å². The van der Waals surface area contributed by atoms with Gasteiger partial charge in [0.15, 0.2) is 5.69 Å². The van der Waals surface area contributed by atoms with Gasteiger partial charge < -0.3 is 16.0 Å². The highest BCUT2D eigenvalue weighted by Gasteiger charge is 2.09. The van der Waals surface area contributed by atoms with Crippen molar-refractivity contribution in [1.82, 2.24) is 15.1 Å². The highest BCUT2D eigenvalue weighted by Crippen LogP contribution is 2.06. The fraction of sp³-hybridized carbons (Fsp3) is 0.615. The van der Waals surface area contributed by atoms with Gasteiger partial charge in [0.2, 0.25) is 0 Å². The maximum atomic E-state index is 11.6. The van der Waals surface area contributed by atoms with E-state index >= 15 is 0 Å². The minimum atomic E-state index is -0.143. The zero-order chi connectivity index (χ0) is 14.3. The van der Waals surface area contributed by atoms with Crippen LogP contribution in [0.3, 0.4) is 0 Å². The van der Waals surface area contributed by atoms with E-state index < -0.39 is 0 Å². The Morgan fingerprint density at radius 3 is 2.68 bits per heavy atom. The smallest absolute Gasteiger partial charge is 0.273 e. The molecule has 0 aromatic carbocycles. The first-order chi connectivity index (χ1) is 9.04. The molecule has 0 saturated heterocycles. The van der Waals surface area contributed by atoms with Crippen LogP contribution in [-0.4, -0.2) is 48.2 Å². The van der Waals surface area contributed by atoms with Crippen LogP contribution in [0.25, 0.3) is 0 Å². The molecular weight excluding hydrogens is 242 g/mol. The summed E-state index contributed by atoms with van der Waals surface area (Å²) < 4.78 is 0. The zero-order valence-electron chi connectivity index (χ0n) is 11.9. The zero-order valence-corrected chi connectivity index (χ0v) is 11.9. The number of hydrogen-bond donors (Lipinski definition) is 2. The molecule has 0 aliphatic carbocycles. The Labute approximate surface area is 114 Å². The van der Waals surface area contributed by atoms with E-state index in [9.17, 15) is 4.79 Å². The molecule has 1 aromatic heterocycles. The topological polar surface area (TPSA) is 84.1 Å². The molecule has 6 heteroatoms. The number of nitrogens with zero attached hydrogens (tertiary/aromatic N) is 3. The van der Waals surface area contributed by atoms with E-state index in [4.69, 9.17) is 5.73 Å². The van der Waals surface area contributed by atoms with Gasteiger partial charge in [-0.15, -0.1) is 10.2 Å². The molecule has 19 heavy (non-hydrogen) atoms. The summed E-state index contributed by atoms with van der Waals surface area (Å²) in [6.07, 6.45) is 2.13. The molecule has 0 spiro atoms. The van der Waals surface area contributed by atoms with Gasteiger partial charge in [-0.05, 0) is 37.4 Å². The standard InChI is InChI=1S/C13H23N5O/c1-10(9-14)5-4-8-15-12-7-6-11(16-17-12)13(19)18(2)3/h6-7,10H,4-5,8-9,14H2,1-3H3,(H,15,17). The Hall–Kier alpha value is -1.69. The fourth-order valence-corrected chi connectivity index (χ4v) is 1.55. The summed E-state index contributed by atoms with van der Waals surface area (Å²) in [6, 6.07) is 3.45. The SMILES string of the molecule is CC(CN)CCCNc1ccc(C(=O)N(C)C)nn1. The predicted octanol–water partition coefficient (Wildman–Crippen LogP) is 0.965. The van der Waals surface area contributed by atoms with Crippen LogP contribution in [-0.2, 0) is 0 Å². The number of nitrogens with one attached hydrogen (secondary N) is 1. The van der Waals surface area contributed by atoms with Crippen LogP contribution in [0.5, 0.6) is 0 Å². The minimum Gasteiger partial charge on any atom is -0.369 e. The molecule has 0 radical (unpaired) electrons. The highest BCUT2D eigenvalue weighted by molar-refractivity contribution is 5.91. The van der Waals surface area contributed by atoms with Gasteiger partial charge in [0.1, 0.15) is 5.82 Å². The van der Waals surface area contributed by atoms with Gasteiger partial charge in [0, 0.05) is 20.6 Å². The summed E-state index contributed by atoms with van der Waals surface area (Å²) >= 11 is 0. The van der Waals surface area contributed by atoms with Crippen LogP contribution in [0.15, 0.2) is 12.1 Å². The Balaban J connectivity index is 2.38. The average molecular weight is 265 g/mol. The number of amides is 1. The largest absolute Gasteiger partial charge is 0.369 e. The molecule has 1 rings (SSSR count). The van der Waals surface area contributed by atoms with Gasteiger partial charge in [-0.25, -0.2) is 0 Å².